The van der Waals surface area contributed by atoms with Crippen LogP contribution in [0.2, 0.25) is 0 Å². The zero-order valence-electron chi connectivity index (χ0n) is 13.1. The van der Waals surface area contributed by atoms with E-state index in [2.05, 4.69) is 30.0 Å². The number of benzene rings is 2. The standard InChI is InChI=1S/C19H21NO2/c1-3-4-17-12-15-11-14(13-21)5-10-19(15)20(17)16-6-8-18(22-2)9-7-16/h5-11,13,17H,3-4,12H2,1-2H3. The van der Waals surface area contributed by atoms with Crippen molar-refractivity contribution < 1.29 is 9.53 Å². The number of nitrogens with zero attached hydrogens (tertiary/aromatic N) is 1. The van der Waals surface area contributed by atoms with Gasteiger partial charge in [-0.05, 0) is 60.9 Å². The molecule has 0 spiro atoms. The van der Waals surface area contributed by atoms with Gasteiger partial charge in [0.1, 0.15) is 12.0 Å². The summed E-state index contributed by atoms with van der Waals surface area (Å²) in [6.45, 7) is 2.21. The van der Waals surface area contributed by atoms with Crippen LogP contribution in [0.3, 0.4) is 0 Å². The lowest BCUT2D eigenvalue weighted by atomic mass is 10.0. The minimum absolute atomic E-state index is 0.454. The Hall–Kier alpha value is -2.29. The number of carbonyl (C=O) groups is 1. The molecule has 1 aliphatic heterocycles. The van der Waals surface area contributed by atoms with Crippen LogP contribution >= 0.6 is 0 Å². The molecule has 114 valence electrons. The maximum absolute atomic E-state index is 11.0. The Balaban J connectivity index is 2.00. The number of rotatable bonds is 5. The summed E-state index contributed by atoms with van der Waals surface area (Å²) in [5.74, 6) is 0.867. The molecule has 2 aromatic carbocycles. The average molecular weight is 295 g/mol. The summed E-state index contributed by atoms with van der Waals surface area (Å²) in [6, 6.07) is 14.6. The van der Waals surface area contributed by atoms with Gasteiger partial charge in [0.15, 0.2) is 0 Å². The van der Waals surface area contributed by atoms with Crippen molar-refractivity contribution in [3.05, 3.63) is 53.6 Å². The van der Waals surface area contributed by atoms with E-state index in [1.807, 2.05) is 24.3 Å². The lowest BCUT2D eigenvalue weighted by molar-refractivity contribution is 0.112. The predicted octanol–water partition coefficient (Wildman–Crippen LogP) is 4.37. The Bertz CT molecular complexity index is 664. The molecule has 3 nitrogen and oxygen atoms in total. The zero-order valence-corrected chi connectivity index (χ0v) is 13.1. The Morgan fingerprint density at radius 2 is 2.00 bits per heavy atom. The average Bonchev–Trinajstić information content (AvgIpc) is 2.92. The topological polar surface area (TPSA) is 29.5 Å². The first-order chi connectivity index (χ1) is 10.8. The van der Waals surface area contributed by atoms with E-state index in [-0.39, 0.29) is 0 Å². The summed E-state index contributed by atoms with van der Waals surface area (Å²) in [6.07, 6.45) is 4.20. The third kappa shape index (κ3) is 2.59. The van der Waals surface area contributed by atoms with Crippen LogP contribution in [-0.4, -0.2) is 19.4 Å². The molecule has 0 aromatic heterocycles. The number of anilines is 2. The van der Waals surface area contributed by atoms with Crippen molar-refractivity contribution >= 4 is 17.7 Å². The van der Waals surface area contributed by atoms with Crippen molar-refractivity contribution in [1.82, 2.24) is 0 Å². The van der Waals surface area contributed by atoms with Crippen molar-refractivity contribution in [2.24, 2.45) is 0 Å². The van der Waals surface area contributed by atoms with Crippen molar-refractivity contribution in [3.63, 3.8) is 0 Å². The summed E-state index contributed by atoms with van der Waals surface area (Å²) < 4.78 is 5.25. The van der Waals surface area contributed by atoms with E-state index in [1.54, 1.807) is 7.11 Å². The molecule has 0 N–H and O–H groups in total. The molecule has 0 bridgehead atoms. The maximum Gasteiger partial charge on any atom is 0.150 e. The van der Waals surface area contributed by atoms with Gasteiger partial charge in [-0.15, -0.1) is 0 Å². The highest BCUT2D eigenvalue weighted by molar-refractivity contribution is 5.80. The van der Waals surface area contributed by atoms with Crippen molar-refractivity contribution in [3.8, 4) is 5.75 Å². The summed E-state index contributed by atoms with van der Waals surface area (Å²) >= 11 is 0. The maximum atomic E-state index is 11.0. The molecule has 3 rings (SSSR count). The summed E-state index contributed by atoms with van der Waals surface area (Å²) in [5, 5.41) is 0. The van der Waals surface area contributed by atoms with Crippen LogP contribution in [0.1, 0.15) is 35.7 Å². The van der Waals surface area contributed by atoms with Crippen molar-refractivity contribution in [2.45, 2.75) is 32.2 Å². The lowest BCUT2D eigenvalue weighted by Gasteiger charge is -2.27. The molecule has 22 heavy (non-hydrogen) atoms. The first-order valence-electron chi connectivity index (χ1n) is 7.78. The molecular weight excluding hydrogens is 274 g/mol. The minimum atomic E-state index is 0.454. The number of carbonyl (C=O) groups excluding carboxylic acids is 1. The van der Waals surface area contributed by atoms with E-state index >= 15 is 0 Å². The number of fused-ring (bicyclic) bond motifs is 1. The molecule has 0 amide bonds. The number of hydrogen-bond acceptors (Lipinski definition) is 3. The first kappa shape index (κ1) is 14.6. The van der Waals surface area contributed by atoms with Crippen LogP contribution in [0.15, 0.2) is 42.5 Å². The number of ether oxygens (including phenoxy) is 1. The van der Waals surface area contributed by atoms with Gasteiger partial charge in [0, 0.05) is 23.0 Å². The number of methoxy groups -OCH3 is 1. The van der Waals surface area contributed by atoms with Crippen molar-refractivity contribution in [1.29, 1.82) is 0 Å². The molecule has 0 aliphatic carbocycles. The van der Waals surface area contributed by atoms with E-state index in [9.17, 15) is 4.79 Å². The molecule has 0 saturated carbocycles. The van der Waals surface area contributed by atoms with Gasteiger partial charge in [-0.2, -0.15) is 0 Å². The van der Waals surface area contributed by atoms with E-state index in [1.165, 1.54) is 16.9 Å². The molecule has 1 unspecified atom stereocenters. The Kier molecular flexibility index (Phi) is 4.14. The first-order valence-corrected chi connectivity index (χ1v) is 7.78. The van der Waals surface area contributed by atoms with E-state index in [0.717, 1.165) is 36.9 Å². The fourth-order valence-electron chi connectivity index (χ4n) is 3.28. The highest BCUT2D eigenvalue weighted by Gasteiger charge is 2.29. The van der Waals surface area contributed by atoms with Gasteiger partial charge in [0.2, 0.25) is 0 Å². The van der Waals surface area contributed by atoms with E-state index < -0.39 is 0 Å². The molecular formula is C19H21NO2. The SMILES string of the molecule is CCCC1Cc2cc(C=O)ccc2N1c1ccc(OC)cc1. The fourth-order valence-corrected chi connectivity index (χ4v) is 3.28. The second kappa shape index (κ2) is 6.22. The summed E-state index contributed by atoms with van der Waals surface area (Å²) in [5.41, 5.74) is 4.41. The third-order valence-corrected chi connectivity index (χ3v) is 4.29. The Morgan fingerprint density at radius 1 is 1.23 bits per heavy atom. The van der Waals surface area contributed by atoms with Crippen LogP contribution in [-0.2, 0) is 6.42 Å². The van der Waals surface area contributed by atoms with Crippen LogP contribution in [0, 0.1) is 0 Å². The van der Waals surface area contributed by atoms with Crippen LogP contribution in [0.5, 0.6) is 5.75 Å². The quantitative estimate of drug-likeness (QED) is 0.767. The number of hydrogen-bond donors (Lipinski definition) is 0. The number of aldehydes is 1. The molecule has 3 heteroatoms. The minimum Gasteiger partial charge on any atom is -0.497 e. The monoisotopic (exact) mass is 295 g/mol. The Labute approximate surface area is 131 Å². The van der Waals surface area contributed by atoms with Crippen LogP contribution < -0.4 is 9.64 Å². The fraction of sp³-hybridized carbons (Fsp3) is 0.316. The van der Waals surface area contributed by atoms with E-state index in [0.29, 0.717) is 6.04 Å². The smallest absolute Gasteiger partial charge is 0.150 e. The molecule has 0 saturated heterocycles. The third-order valence-electron chi connectivity index (χ3n) is 4.29. The molecule has 0 fully saturated rings. The van der Waals surface area contributed by atoms with Crippen LogP contribution in [0.4, 0.5) is 11.4 Å². The van der Waals surface area contributed by atoms with E-state index in [4.69, 9.17) is 4.74 Å². The van der Waals surface area contributed by atoms with Gasteiger partial charge in [-0.25, -0.2) is 0 Å². The second-order valence-electron chi connectivity index (χ2n) is 5.72. The normalized spacial score (nSPS) is 16.5. The summed E-state index contributed by atoms with van der Waals surface area (Å²) in [7, 11) is 1.68. The van der Waals surface area contributed by atoms with Gasteiger partial charge in [-0.1, -0.05) is 13.3 Å². The van der Waals surface area contributed by atoms with Gasteiger partial charge < -0.3 is 9.64 Å². The van der Waals surface area contributed by atoms with Gasteiger partial charge in [-0.3, -0.25) is 4.79 Å². The van der Waals surface area contributed by atoms with Crippen LogP contribution in [0.25, 0.3) is 0 Å². The highest BCUT2D eigenvalue weighted by Crippen LogP contribution is 2.40. The zero-order chi connectivity index (χ0) is 15.5. The molecule has 1 atom stereocenters. The highest BCUT2D eigenvalue weighted by atomic mass is 16.5. The van der Waals surface area contributed by atoms with Crippen molar-refractivity contribution in [2.75, 3.05) is 12.0 Å². The second-order valence-corrected chi connectivity index (χ2v) is 5.72. The summed E-state index contributed by atoms with van der Waals surface area (Å²) in [4.78, 5) is 13.4. The molecule has 1 heterocycles. The molecule has 2 aromatic rings. The molecule has 0 radical (unpaired) electrons. The largest absolute Gasteiger partial charge is 0.497 e. The Morgan fingerprint density at radius 3 is 2.64 bits per heavy atom. The molecule has 1 aliphatic rings. The van der Waals surface area contributed by atoms with Gasteiger partial charge in [0.25, 0.3) is 0 Å². The lowest BCUT2D eigenvalue weighted by Crippen LogP contribution is -2.27. The predicted molar refractivity (Wildman–Crippen MR) is 89.4 cm³/mol. The van der Waals surface area contributed by atoms with Gasteiger partial charge >= 0.3 is 0 Å². The van der Waals surface area contributed by atoms with Gasteiger partial charge in [0.05, 0.1) is 7.11 Å².